The van der Waals surface area contributed by atoms with Gasteiger partial charge in [0, 0.05) is 30.7 Å². The number of carbonyl (C=O) groups is 1. The highest BCUT2D eigenvalue weighted by Crippen LogP contribution is 2.23. The zero-order chi connectivity index (χ0) is 14.8. The van der Waals surface area contributed by atoms with Gasteiger partial charge < -0.3 is 15.0 Å². The van der Waals surface area contributed by atoms with Crippen LogP contribution in [0.15, 0.2) is 24.3 Å². The number of hydrogen-bond donors (Lipinski definition) is 1. The Morgan fingerprint density at radius 2 is 2.10 bits per heavy atom. The van der Waals surface area contributed by atoms with Crippen molar-refractivity contribution in [3.63, 3.8) is 0 Å². The Kier molecular flexibility index (Phi) is 4.05. The number of fused-ring (bicyclic) bond motifs is 2. The van der Waals surface area contributed by atoms with Crippen molar-refractivity contribution < 1.29 is 18.3 Å². The second-order valence-electron chi connectivity index (χ2n) is 5.58. The van der Waals surface area contributed by atoms with E-state index >= 15 is 0 Å². The summed E-state index contributed by atoms with van der Waals surface area (Å²) in [5.74, 6) is -0.102. The zero-order valence-electron chi connectivity index (χ0n) is 11.6. The van der Waals surface area contributed by atoms with Crippen LogP contribution in [0.1, 0.15) is 29.6 Å². The van der Waals surface area contributed by atoms with Crippen molar-refractivity contribution in [3.8, 4) is 5.75 Å². The van der Waals surface area contributed by atoms with Crippen LogP contribution in [-0.2, 0) is 0 Å². The van der Waals surface area contributed by atoms with Crippen LogP contribution < -0.4 is 10.1 Å². The number of ether oxygens (including phenoxy) is 1. The summed E-state index contributed by atoms with van der Waals surface area (Å²) in [6, 6.07) is 6.85. The largest absolute Gasteiger partial charge is 0.435 e. The number of alkyl halides is 2. The molecule has 6 heteroatoms. The maximum Gasteiger partial charge on any atom is 0.387 e. The number of amides is 1. The summed E-state index contributed by atoms with van der Waals surface area (Å²) >= 11 is 0. The fourth-order valence-corrected chi connectivity index (χ4v) is 3.12. The molecule has 3 rings (SSSR count). The molecule has 4 nitrogen and oxygen atoms in total. The molecule has 2 heterocycles. The number of nitrogens with one attached hydrogen (secondary N) is 1. The summed E-state index contributed by atoms with van der Waals surface area (Å²) in [6.45, 7) is -1.50. The lowest BCUT2D eigenvalue weighted by molar-refractivity contribution is -0.0499. The average Bonchev–Trinajstić information content (AvgIpc) is 2.77. The molecular weight excluding hydrogens is 278 g/mol. The average molecular weight is 296 g/mol. The molecular formula is C15H18F2N2O2. The first-order valence-electron chi connectivity index (χ1n) is 7.22. The SMILES string of the molecule is O=C(c1cccc(OC(F)F)c1)N1CC[C@H]2CC[C@@H](C1)N2. The van der Waals surface area contributed by atoms with Gasteiger partial charge in [0.25, 0.3) is 5.91 Å². The van der Waals surface area contributed by atoms with Crippen molar-refractivity contribution >= 4 is 5.91 Å². The van der Waals surface area contributed by atoms with Crippen molar-refractivity contribution in [2.45, 2.75) is 38.0 Å². The standard InChI is InChI=1S/C15H18F2N2O2/c16-15(17)21-13-3-1-2-10(8-13)14(20)19-7-6-11-4-5-12(9-19)18-11/h1-3,8,11-12,15,18H,4-7,9H2/t11-,12+/m1/s1. The van der Waals surface area contributed by atoms with Crippen LogP contribution in [-0.4, -0.2) is 42.6 Å². The number of halogens is 2. The normalized spacial score (nSPS) is 25.0. The lowest BCUT2D eigenvalue weighted by Gasteiger charge is -2.24. The summed E-state index contributed by atoms with van der Waals surface area (Å²) in [5.41, 5.74) is 0.394. The van der Waals surface area contributed by atoms with Crippen molar-refractivity contribution in [1.82, 2.24) is 10.2 Å². The monoisotopic (exact) mass is 296 g/mol. The summed E-state index contributed by atoms with van der Waals surface area (Å²) in [7, 11) is 0. The van der Waals surface area contributed by atoms with E-state index in [2.05, 4.69) is 10.1 Å². The molecule has 1 aromatic rings. The van der Waals surface area contributed by atoms with Gasteiger partial charge in [0.1, 0.15) is 5.75 Å². The third-order valence-electron chi connectivity index (χ3n) is 4.12. The number of rotatable bonds is 3. The maximum absolute atomic E-state index is 12.5. The zero-order valence-corrected chi connectivity index (χ0v) is 11.6. The van der Waals surface area contributed by atoms with Crippen LogP contribution in [0.3, 0.4) is 0 Å². The number of likely N-dealkylation sites (tertiary alicyclic amines) is 1. The molecule has 1 amide bonds. The molecule has 1 aromatic carbocycles. The van der Waals surface area contributed by atoms with Crippen LogP contribution in [0.2, 0.25) is 0 Å². The van der Waals surface area contributed by atoms with Crippen molar-refractivity contribution in [2.24, 2.45) is 0 Å². The van der Waals surface area contributed by atoms with E-state index < -0.39 is 6.61 Å². The van der Waals surface area contributed by atoms with E-state index in [-0.39, 0.29) is 11.7 Å². The van der Waals surface area contributed by atoms with E-state index in [4.69, 9.17) is 0 Å². The van der Waals surface area contributed by atoms with Gasteiger partial charge in [-0.3, -0.25) is 4.79 Å². The molecule has 2 bridgehead atoms. The molecule has 2 fully saturated rings. The highest BCUT2D eigenvalue weighted by atomic mass is 19.3. The second kappa shape index (κ2) is 5.97. The Hall–Kier alpha value is -1.69. The lowest BCUT2D eigenvalue weighted by Crippen LogP contribution is -2.39. The number of nitrogens with zero attached hydrogens (tertiary/aromatic N) is 1. The van der Waals surface area contributed by atoms with Crippen molar-refractivity contribution in [1.29, 1.82) is 0 Å². The van der Waals surface area contributed by atoms with Gasteiger partial charge in [-0.25, -0.2) is 0 Å². The van der Waals surface area contributed by atoms with Gasteiger partial charge in [0.05, 0.1) is 0 Å². The first kappa shape index (κ1) is 14.3. The Labute approximate surface area is 122 Å². The van der Waals surface area contributed by atoms with E-state index in [9.17, 15) is 13.6 Å². The van der Waals surface area contributed by atoms with Crippen LogP contribution in [0.4, 0.5) is 8.78 Å². The molecule has 2 aliphatic heterocycles. The van der Waals surface area contributed by atoms with Gasteiger partial charge in [0.2, 0.25) is 0 Å². The van der Waals surface area contributed by atoms with Gasteiger partial charge in [0.15, 0.2) is 0 Å². The number of carbonyl (C=O) groups excluding carboxylic acids is 1. The minimum absolute atomic E-state index is 0.0188. The fourth-order valence-electron chi connectivity index (χ4n) is 3.12. The highest BCUT2D eigenvalue weighted by molar-refractivity contribution is 5.94. The predicted octanol–water partition coefficient (Wildman–Crippen LogP) is 2.25. The highest BCUT2D eigenvalue weighted by Gasteiger charge is 2.31. The lowest BCUT2D eigenvalue weighted by atomic mass is 10.1. The molecule has 2 aliphatic rings. The quantitative estimate of drug-likeness (QED) is 0.930. The summed E-state index contributed by atoms with van der Waals surface area (Å²) in [6.07, 6.45) is 3.20. The molecule has 2 atom stereocenters. The van der Waals surface area contributed by atoms with Crippen LogP contribution in [0, 0.1) is 0 Å². The summed E-state index contributed by atoms with van der Waals surface area (Å²) in [4.78, 5) is 14.3. The number of hydrogen-bond acceptors (Lipinski definition) is 3. The first-order valence-corrected chi connectivity index (χ1v) is 7.22. The van der Waals surface area contributed by atoms with Gasteiger partial charge in [-0.2, -0.15) is 8.78 Å². The Balaban J connectivity index is 1.72. The topological polar surface area (TPSA) is 41.6 Å². The summed E-state index contributed by atoms with van der Waals surface area (Å²) < 4.78 is 28.8. The van der Waals surface area contributed by atoms with Crippen LogP contribution in [0.5, 0.6) is 5.75 Å². The number of benzene rings is 1. The minimum atomic E-state index is -2.88. The molecule has 114 valence electrons. The van der Waals surface area contributed by atoms with E-state index in [1.165, 1.54) is 18.6 Å². The van der Waals surface area contributed by atoms with Crippen molar-refractivity contribution in [2.75, 3.05) is 13.1 Å². The molecule has 0 spiro atoms. The molecule has 1 N–H and O–H groups in total. The van der Waals surface area contributed by atoms with Gasteiger partial charge >= 0.3 is 6.61 Å². The Bertz CT molecular complexity index is 524. The second-order valence-corrected chi connectivity index (χ2v) is 5.58. The Morgan fingerprint density at radius 3 is 2.90 bits per heavy atom. The Morgan fingerprint density at radius 1 is 1.29 bits per heavy atom. The van der Waals surface area contributed by atoms with Gasteiger partial charge in [-0.1, -0.05) is 6.07 Å². The third-order valence-corrected chi connectivity index (χ3v) is 4.12. The maximum atomic E-state index is 12.5. The third kappa shape index (κ3) is 3.32. The molecule has 0 aliphatic carbocycles. The van der Waals surface area contributed by atoms with Gasteiger partial charge in [-0.15, -0.1) is 0 Å². The molecule has 2 saturated heterocycles. The molecule has 0 aromatic heterocycles. The van der Waals surface area contributed by atoms with E-state index in [1.54, 1.807) is 17.0 Å². The minimum Gasteiger partial charge on any atom is -0.435 e. The molecule has 21 heavy (non-hydrogen) atoms. The molecule has 0 unspecified atom stereocenters. The van der Waals surface area contributed by atoms with Gasteiger partial charge in [-0.05, 0) is 37.5 Å². The smallest absolute Gasteiger partial charge is 0.387 e. The molecule has 0 saturated carbocycles. The van der Waals surface area contributed by atoms with E-state index in [0.29, 0.717) is 30.7 Å². The van der Waals surface area contributed by atoms with Crippen LogP contribution >= 0.6 is 0 Å². The van der Waals surface area contributed by atoms with Crippen molar-refractivity contribution in [3.05, 3.63) is 29.8 Å². The van der Waals surface area contributed by atoms with E-state index in [0.717, 1.165) is 12.8 Å². The van der Waals surface area contributed by atoms with E-state index in [1.807, 2.05) is 0 Å². The molecule has 0 radical (unpaired) electrons. The first-order chi connectivity index (χ1) is 10.1. The fraction of sp³-hybridized carbons (Fsp3) is 0.533. The summed E-state index contributed by atoms with van der Waals surface area (Å²) in [5, 5.41) is 3.51. The van der Waals surface area contributed by atoms with Crippen LogP contribution in [0.25, 0.3) is 0 Å². The predicted molar refractivity (Wildman–Crippen MR) is 73.5 cm³/mol.